The maximum absolute atomic E-state index is 12.9. The van der Waals surface area contributed by atoms with Crippen LogP contribution in [-0.2, 0) is 6.42 Å². The Labute approximate surface area is 178 Å². The highest BCUT2D eigenvalue weighted by atomic mass is 16.1. The zero-order chi connectivity index (χ0) is 21.4. The number of amides is 1. The molecule has 0 saturated heterocycles. The van der Waals surface area contributed by atoms with Crippen LogP contribution < -0.4 is 5.32 Å². The molecule has 0 spiro atoms. The van der Waals surface area contributed by atoms with Crippen LogP contribution in [-0.4, -0.2) is 26.5 Å². The quantitative estimate of drug-likeness (QED) is 0.671. The molecule has 30 heavy (non-hydrogen) atoms. The van der Waals surface area contributed by atoms with Crippen LogP contribution >= 0.6 is 0 Å². The highest BCUT2D eigenvalue weighted by Gasteiger charge is 2.22. The maximum Gasteiger partial charge on any atom is 0.256 e. The van der Waals surface area contributed by atoms with Gasteiger partial charge in [0.25, 0.3) is 5.91 Å². The lowest BCUT2D eigenvalue weighted by molar-refractivity contribution is 0.0929. The molecule has 1 aliphatic carbocycles. The number of hydrogen-bond acceptors (Lipinski definition) is 3. The van der Waals surface area contributed by atoms with E-state index in [1.807, 2.05) is 11.4 Å². The molecule has 1 aliphatic rings. The first kappa shape index (κ1) is 20.6. The summed E-state index contributed by atoms with van der Waals surface area (Å²) >= 11 is 0. The van der Waals surface area contributed by atoms with Gasteiger partial charge in [0.2, 0.25) is 0 Å². The summed E-state index contributed by atoms with van der Waals surface area (Å²) in [6.07, 6.45) is 8.27. The number of nitrogens with zero attached hydrogens (tertiary/aromatic N) is 3. The van der Waals surface area contributed by atoms with Gasteiger partial charge in [0, 0.05) is 23.9 Å². The van der Waals surface area contributed by atoms with Crippen LogP contribution in [0, 0.1) is 34.6 Å². The standard InChI is InChI=1S/C25H32N4O/c1-15-11-16(2)21(17(3)12-15)13-22-18(4)27-24-23(14-26-29(24)19(22)5)25(30)28-20-9-7-6-8-10-20/h11-12,14,20H,6-10,13H2,1-5H3,(H,28,30). The molecular weight excluding hydrogens is 372 g/mol. The summed E-state index contributed by atoms with van der Waals surface area (Å²) in [6.45, 7) is 10.6. The van der Waals surface area contributed by atoms with E-state index in [1.165, 1.54) is 47.1 Å². The molecule has 2 heterocycles. The van der Waals surface area contributed by atoms with E-state index in [0.717, 1.165) is 30.7 Å². The lowest BCUT2D eigenvalue weighted by atomic mass is 9.93. The number of hydrogen-bond donors (Lipinski definition) is 1. The predicted molar refractivity (Wildman–Crippen MR) is 120 cm³/mol. The Kier molecular flexibility index (Phi) is 5.63. The Morgan fingerprint density at radius 1 is 1.03 bits per heavy atom. The van der Waals surface area contributed by atoms with Crippen molar-refractivity contribution in [1.29, 1.82) is 0 Å². The average Bonchev–Trinajstić information content (AvgIpc) is 3.11. The highest BCUT2D eigenvalue weighted by Crippen LogP contribution is 2.25. The molecule has 2 aromatic heterocycles. The number of fused-ring (bicyclic) bond motifs is 1. The summed E-state index contributed by atoms with van der Waals surface area (Å²) in [5.41, 5.74) is 9.66. The Bertz CT molecular complexity index is 1080. The van der Waals surface area contributed by atoms with Crippen LogP contribution in [0.3, 0.4) is 0 Å². The summed E-state index contributed by atoms with van der Waals surface area (Å²) in [5.74, 6) is -0.0545. The van der Waals surface area contributed by atoms with E-state index in [1.54, 1.807) is 6.20 Å². The number of nitrogens with one attached hydrogen (secondary N) is 1. The van der Waals surface area contributed by atoms with Crippen molar-refractivity contribution in [3.63, 3.8) is 0 Å². The Morgan fingerprint density at radius 3 is 2.37 bits per heavy atom. The molecule has 4 rings (SSSR count). The largest absolute Gasteiger partial charge is 0.349 e. The summed E-state index contributed by atoms with van der Waals surface area (Å²) in [5, 5.41) is 7.72. The van der Waals surface area contributed by atoms with Crippen molar-refractivity contribution < 1.29 is 4.79 Å². The van der Waals surface area contributed by atoms with Gasteiger partial charge in [-0.15, -0.1) is 0 Å². The fourth-order valence-corrected chi connectivity index (χ4v) is 4.90. The van der Waals surface area contributed by atoms with Gasteiger partial charge >= 0.3 is 0 Å². The minimum atomic E-state index is -0.0545. The van der Waals surface area contributed by atoms with Crippen LogP contribution in [0.25, 0.3) is 5.65 Å². The van der Waals surface area contributed by atoms with Crippen LogP contribution in [0.2, 0.25) is 0 Å². The zero-order valence-corrected chi connectivity index (χ0v) is 18.8. The molecule has 1 fully saturated rings. The van der Waals surface area contributed by atoms with Crippen LogP contribution in [0.5, 0.6) is 0 Å². The third-order valence-corrected chi connectivity index (χ3v) is 6.59. The molecule has 1 N–H and O–H groups in total. The lowest BCUT2D eigenvalue weighted by Gasteiger charge is -2.22. The first-order valence-corrected chi connectivity index (χ1v) is 11.1. The monoisotopic (exact) mass is 404 g/mol. The van der Waals surface area contributed by atoms with Gasteiger partial charge in [-0.25, -0.2) is 9.50 Å². The Hall–Kier alpha value is -2.69. The van der Waals surface area contributed by atoms with Gasteiger partial charge in [0.15, 0.2) is 5.65 Å². The Morgan fingerprint density at radius 2 is 1.70 bits per heavy atom. The summed E-state index contributed by atoms with van der Waals surface area (Å²) in [7, 11) is 0. The molecule has 1 saturated carbocycles. The fourth-order valence-electron chi connectivity index (χ4n) is 4.90. The Balaban J connectivity index is 1.67. The van der Waals surface area contributed by atoms with Crippen molar-refractivity contribution in [2.75, 3.05) is 0 Å². The van der Waals surface area contributed by atoms with E-state index in [9.17, 15) is 4.79 Å². The van der Waals surface area contributed by atoms with Gasteiger partial charge in [-0.3, -0.25) is 4.79 Å². The molecule has 1 aromatic carbocycles. The fraction of sp³-hybridized carbons (Fsp3) is 0.480. The summed E-state index contributed by atoms with van der Waals surface area (Å²) in [6, 6.07) is 4.75. The molecule has 1 amide bonds. The highest BCUT2D eigenvalue weighted by molar-refractivity contribution is 5.99. The van der Waals surface area contributed by atoms with Crippen molar-refractivity contribution in [3.05, 3.63) is 63.1 Å². The topological polar surface area (TPSA) is 59.3 Å². The molecule has 5 nitrogen and oxygen atoms in total. The molecule has 0 aliphatic heterocycles. The molecule has 158 valence electrons. The first-order valence-electron chi connectivity index (χ1n) is 11.1. The molecule has 0 bridgehead atoms. The lowest BCUT2D eigenvalue weighted by Crippen LogP contribution is -2.36. The van der Waals surface area contributed by atoms with Crippen molar-refractivity contribution in [2.45, 2.75) is 79.2 Å². The maximum atomic E-state index is 12.9. The second kappa shape index (κ2) is 8.21. The van der Waals surface area contributed by atoms with Gasteiger partial charge in [-0.05, 0) is 69.7 Å². The molecular formula is C25H32N4O. The van der Waals surface area contributed by atoms with Crippen LogP contribution in [0.15, 0.2) is 18.3 Å². The van der Waals surface area contributed by atoms with Gasteiger partial charge in [0.1, 0.15) is 5.56 Å². The number of aromatic nitrogens is 3. The van der Waals surface area contributed by atoms with E-state index in [4.69, 9.17) is 4.98 Å². The van der Waals surface area contributed by atoms with E-state index in [2.05, 4.69) is 50.2 Å². The molecule has 0 atom stereocenters. The van der Waals surface area contributed by atoms with E-state index in [0.29, 0.717) is 11.2 Å². The van der Waals surface area contributed by atoms with Gasteiger partial charge in [-0.2, -0.15) is 5.10 Å². The smallest absolute Gasteiger partial charge is 0.256 e. The van der Waals surface area contributed by atoms with E-state index < -0.39 is 0 Å². The number of carbonyl (C=O) groups excluding carboxylic acids is 1. The molecule has 0 radical (unpaired) electrons. The number of benzene rings is 1. The average molecular weight is 405 g/mol. The molecule has 3 aromatic rings. The van der Waals surface area contributed by atoms with Gasteiger partial charge < -0.3 is 5.32 Å². The van der Waals surface area contributed by atoms with Crippen LogP contribution in [0.1, 0.15) is 81.7 Å². The van der Waals surface area contributed by atoms with E-state index in [-0.39, 0.29) is 11.9 Å². The summed E-state index contributed by atoms with van der Waals surface area (Å²) in [4.78, 5) is 17.7. The number of aryl methyl sites for hydroxylation is 5. The van der Waals surface area contributed by atoms with Crippen molar-refractivity contribution >= 4 is 11.6 Å². The minimum Gasteiger partial charge on any atom is -0.349 e. The van der Waals surface area contributed by atoms with E-state index >= 15 is 0 Å². The van der Waals surface area contributed by atoms with Crippen molar-refractivity contribution in [3.8, 4) is 0 Å². The number of carbonyl (C=O) groups is 1. The first-order chi connectivity index (χ1) is 14.3. The summed E-state index contributed by atoms with van der Waals surface area (Å²) < 4.78 is 1.83. The van der Waals surface area contributed by atoms with Gasteiger partial charge in [-0.1, -0.05) is 37.0 Å². The third kappa shape index (κ3) is 3.85. The van der Waals surface area contributed by atoms with Crippen molar-refractivity contribution in [1.82, 2.24) is 19.9 Å². The molecule has 0 unspecified atom stereocenters. The predicted octanol–water partition coefficient (Wildman–Crippen LogP) is 4.92. The van der Waals surface area contributed by atoms with Gasteiger partial charge in [0.05, 0.1) is 6.20 Å². The molecule has 5 heteroatoms. The van der Waals surface area contributed by atoms with Crippen molar-refractivity contribution in [2.24, 2.45) is 0 Å². The van der Waals surface area contributed by atoms with Crippen LogP contribution in [0.4, 0.5) is 0 Å². The second-order valence-corrected chi connectivity index (χ2v) is 8.92. The number of rotatable bonds is 4. The third-order valence-electron chi connectivity index (χ3n) is 6.59. The minimum absolute atomic E-state index is 0.0545. The normalized spacial score (nSPS) is 15.0. The SMILES string of the molecule is Cc1cc(C)c(Cc2c(C)nc3c(C(=O)NC4CCCCC4)cnn3c2C)c(C)c1. The second-order valence-electron chi connectivity index (χ2n) is 8.92. The zero-order valence-electron chi connectivity index (χ0n) is 18.8.